The van der Waals surface area contributed by atoms with Crippen LogP contribution in [0.3, 0.4) is 0 Å². The summed E-state index contributed by atoms with van der Waals surface area (Å²) in [5.74, 6) is 2.91. The van der Waals surface area contributed by atoms with Crippen LogP contribution in [0.1, 0.15) is 41.5 Å². The molecule has 3 rings (SSSR count). The molecule has 1 aliphatic heterocycles. The summed E-state index contributed by atoms with van der Waals surface area (Å²) in [6.45, 7) is 4.53. The number of nitrogens with zero attached hydrogens (tertiary/aromatic N) is 1. The van der Waals surface area contributed by atoms with Crippen LogP contribution >= 0.6 is 11.8 Å². The molecular weight excluding hydrogens is 324 g/mol. The lowest BCUT2D eigenvalue weighted by Crippen LogP contribution is -2.29. The second-order valence-electron chi connectivity index (χ2n) is 5.94. The van der Waals surface area contributed by atoms with Crippen molar-refractivity contribution in [2.24, 2.45) is 0 Å². The van der Waals surface area contributed by atoms with Gasteiger partial charge in [0, 0.05) is 16.9 Å². The van der Waals surface area contributed by atoms with Crippen LogP contribution < -0.4 is 10.1 Å². The first-order valence-corrected chi connectivity index (χ1v) is 9.31. The van der Waals surface area contributed by atoms with E-state index in [1.54, 1.807) is 11.8 Å². The third-order valence-corrected chi connectivity index (χ3v) is 5.14. The predicted octanol–water partition coefficient (Wildman–Crippen LogP) is 3.55. The molecule has 1 aromatic carbocycles. The predicted molar refractivity (Wildman–Crippen MR) is 94.2 cm³/mol. The molecule has 1 aromatic heterocycles. The van der Waals surface area contributed by atoms with Crippen LogP contribution in [0.5, 0.6) is 5.75 Å². The first-order valence-electron chi connectivity index (χ1n) is 8.15. The highest BCUT2D eigenvalue weighted by Gasteiger charge is 2.21. The van der Waals surface area contributed by atoms with Gasteiger partial charge in [0.05, 0.1) is 24.1 Å². The molecule has 0 fully saturated rings. The molecule has 2 aromatic rings. The molecule has 24 heavy (non-hydrogen) atoms. The van der Waals surface area contributed by atoms with E-state index >= 15 is 0 Å². The minimum atomic E-state index is 0.0239. The summed E-state index contributed by atoms with van der Waals surface area (Å²) in [7, 11) is 0. The number of hydrogen-bond acceptors (Lipinski definition) is 5. The first-order chi connectivity index (χ1) is 11.6. The van der Waals surface area contributed by atoms with Crippen molar-refractivity contribution in [3.63, 3.8) is 0 Å². The summed E-state index contributed by atoms with van der Waals surface area (Å²) in [6, 6.07) is 7.96. The molecule has 2 heterocycles. The average molecular weight is 346 g/mol. The zero-order valence-corrected chi connectivity index (χ0v) is 14.8. The summed E-state index contributed by atoms with van der Waals surface area (Å²) in [5.41, 5.74) is 3.05. The molecule has 0 saturated heterocycles. The molecule has 5 nitrogen and oxygen atoms in total. The highest BCUT2D eigenvalue weighted by atomic mass is 32.2. The average Bonchev–Trinajstić information content (AvgIpc) is 2.79. The number of benzene rings is 1. The van der Waals surface area contributed by atoms with E-state index in [4.69, 9.17) is 9.26 Å². The molecule has 0 saturated carbocycles. The number of aromatic nitrogens is 1. The number of nitrogens with one attached hydrogen (secondary N) is 1. The Morgan fingerprint density at radius 1 is 1.38 bits per heavy atom. The molecule has 1 atom stereocenters. The standard InChI is InChI=1S/C18H22N2O3S/c1-12-15(13(2)23-20-12)10-24-11-18(21)19-16-7-5-9-22-17-8-4-3-6-14(16)17/h3-4,6,8,16H,5,7,9-11H2,1-2H3,(H,19,21)/t16-/m1/s1. The molecular formula is C18H22N2O3S. The fourth-order valence-corrected chi connectivity index (χ4v) is 3.85. The Balaban J connectivity index is 1.55. The van der Waals surface area contributed by atoms with E-state index in [9.17, 15) is 4.79 Å². The van der Waals surface area contributed by atoms with Crippen LogP contribution in [-0.4, -0.2) is 23.4 Å². The van der Waals surface area contributed by atoms with E-state index in [1.165, 1.54) is 0 Å². The topological polar surface area (TPSA) is 64.4 Å². The third kappa shape index (κ3) is 3.93. The van der Waals surface area contributed by atoms with Crippen molar-refractivity contribution in [2.75, 3.05) is 12.4 Å². The van der Waals surface area contributed by atoms with Crippen molar-refractivity contribution in [3.8, 4) is 5.75 Å². The number of carbonyl (C=O) groups excluding carboxylic acids is 1. The fourth-order valence-electron chi connectivity index (χ4n) is 2.86. The van der Waals surface area contributed by atoms with Crippen LogP contribution in [0.4, 0.5) is 0 Å². The maximum absolute atomic E-state index is 12.3. The second-order valence-corrected chi connectivity index (χ2v) is 6.93. The molecule has 0 radical (unpaired) electrons. The molecule has 0 unspecified atom stereocenters. The van der Waals surface area contributed by atoms with Crippen LogP contribution in [0.15, 0.2) is 28.8 Å². The molecule has 1 N–H and O–H groups in total. The van der Waals surface area contributed by atoms with Gasteiger partial charge in [-0.2, -0.15) is 0 Å². The lowest BCUT2D eigenvalue weighted by molar-refractivity contribution is -0.119. The summed E-state index contributed by atoms with van der Waals surface area (Å²) < 4.78 is 10.9. The van der Waals surface area contributed by atoms with Gasteiger partial charge in [0.2, 0.25) is 5.91 Å². The molecule has 128 valence electrons. The Kier molecular flexibility index (Phi) is 5.45. The number of thioether (sulfide) groups is 1. The van der Waals surface area contributed by atoms with Crippen molar-refractivity contribution in [1.82, 2.24) is 10.5 Å². The van der Waals surface area contributed by atoms with E-state index in [0.717, 1.165) is 46.9 Å². The van der Waals surface area contributed by atoms with Gasteiger partial charge < -0.3 is 14.6 Å². The van der Waals surface area contributed by atoms with Crippen molar-refractivity contribution < 1.29 is 14.1 Å². The number of fused-ring (bicyclic) bond motifs is 1. The van der Waals surface area contributed by atoms with Crippen molar-refractivity contribution in [2.45, 2.75) is 38.5 Å². The number of amides is 1. The molecule has 0 bridgehead atoms. The molecule has 1 amide bonds. The van der Waals surface area contributed by atoms with Gasteiger partial charge in [-0.3, -0.25) is 4.79 Å². The fraction of sp³-hybridized carbons (Fsp3) is 0.444. The van der Waals surface area contributed by atoms with E-state index in [1.807, 2.05) is 38.1 Å². The van der Waals surface area contributed by atoms with Gasteiger partial charge in [-0.25, -0.2) is 0 Å². The minimum absolute atomic E-state index is 0.0239. The maximum Gasteiger partial charge on any atom is 0.230 e. The van der Waals surface area contributed by atoms with E-state index in [-0.39, 0.29) is 11.9 Å². The molecule has 0 aliphatic carbocycles. The van der Waals surface area contributed by atoms with Gasteiger partial charge in [-0.05, 0) is 32.8 Å². The quantitative estimate of drug-likeness (QED) is 0.897. The van der Waals surface area contributed by atoms with Gasteiger partial charge in [0.15, 0.2) is 0 Å². The smallest absolute Gasteiger partial charge is 0.230 e. The Morgan fingerprint density at radius 3 is 3.00 bits per heavy atom. The normalized spacial score (nSPS) is 16.8. The Labute approximate surface area is 146 Å². The number of aryl methyl sites for hydroxylation is 2. The van der Waals surface area contributed by atoms with Crippen LogP contribution in [0.25, 0.3) is 0 Å². The van der Waals surface area contributed by atoms with Gasteiger partial charge in [0.25, 0.3) is 0 Å². The first kappa shape index (κ1) is 16.9. The number of rotatable bonds is 5. The Morgan fingerprint density at radius 2 is 2.21 bits per heavy atom. The largest absolute Gasteiger partial charge is 0.493 e. The van der Waals surface area contributed by atoms with Crippen molar-refractivity contribution in [1.29, 1.82) is 0 Å². The SMILES string of the molecule is Cc1noc(C)c1CSCC(=O)N[C@@H]1CCCOc2ccccc21. The zero-order chi connectivity index (χ0) is 16.9. The summed E-state index contributed by atoms with van der Waals surface area (Å²) in [4.78, 5) is 12.3. The van der Waals surface area contributed by atoms with Gasteiger partial charge in [-0.15, -0.1) is 11.8 Å². The van der Waals surface area contributed by atoms with Gasteiger partial charge >= 0.3 is 0 Å². The monoisotopic (exact) mass is 346 g/mol. The number of hydrogen-bond donors (Lipinski definition) is 1. The van der Waals surface area contributed by atoms with Crippen LogP contribution in [-0.2, 0) is 10.5 Å². The number of para-hydroxylation sites is 1. The number of ether oxygens (including phenoxy) is 1. The lowest BCUT2D eigenvalue weighted by atomic mass is 10.0. The second kappa shape index (κ2) is 7.75. The lowest BCUT2D eigenvalue weighted by Gasteiger charge is -2.18. The van der Waals surface area contributed by atoms with E-state index < -0.39 is 0 Å². The Hall–Kier alpha value is -1.95. The molecule has 6 heteroatoms. The Bertz CT molecular complexity index is 695. The zero-order valence-electron chi connectivity index (χ0n) is 14.0. The van der Waals surface area contributed by atoms with Crippen molar-refractivity contribution in [3.05, 3.63) is 46.8 Å². The highest BCUT2D eigenvalue weighted by Crippen LogP contribution is 2.31. The van der Waals surface area contributed by atoms with E-state index in [2.05, 4.69) is 10.5 Å². The third-order valence-electron chi connectivity index (χ3n) is 4.19. The summed E-state index contributed by atoms with van der Waals surface area (Å²) in [5, 5.41) is 7.09. The summed E-state index contributed by atoms with van der Waals surface area (Å²) in [6.07, 6.45) is 1.84. The van der Waals surface area contributed by atoms with Crippen LogP contribution in [0.2, 0.25) is 0 Å². The highest BCUT2D eigenvalue weighted by molar-refractivity contribution is 7.99. The van der Waals surface area contributed by atoms with Gasteiger partial charge in [0.1, 0.15) is 11.5 Å². The van der Waals surface area contributed by atoms with Crippen LogP contribution in [0, 0.1) is 13.8 Å². The maximum atomic E-state index is 12.3. The van der Waals surface area contributed by atoms with Gasteiger partial charge in [-0.1, -0.05) is 23.4 Å². The van der Waals surface area contributed by atoms with E-state index in [0.29, 0.717) is 12.4 Å². The number of carbonyl (C=O) groups is 1. The van der Waals surface area contributed by atoms with Crippen molar-refractivity contribution >= 4 is 17.7 Å². The molecule has 0 spiro atoms. The minimum Gasteiger partial charge on any atom is -0.493 e. The molecule has 1 aliphatic rings. The summed E-state index contributed by atoms with van der Waals surface area (Å²) >= 11 is 1.58.